The Balaban J connectivity index is 1.97. The summed E-state index contributed by atoms with van der Waals surface area (Å²) in [5, 5.41) is 12.8. The van der Waals surface area contributed by atoms with Crippen molar-refractivity contribution in [1.29, 1.82) is 5.26 Å². The average molecular weight is 300 g/mol. The maximum atomic E-state index is 12.2. The van der Waals surface area contributed by atoms with Crippen molar-refractivity contribution in [3.05, 3.63) is 48.3 Å². The lowest BCUT2D eigenvalue weighted by molar-refractivity contribution is 0.600. The Morgan fingerprint density at radius 3 is 2.90 bits per heavy atom. The predicted octanol–water partition coefficient (Wildman–Crippen LogP) is 0.797. The van der Waals surface area contributed by atoms with Crippen molar-refractivity contribution in [3.8, 4) is 6.07 Å². The first-order valence-electron chi connectivity index (χ1n) is 5.79. The van der Waals surface area contributed by atoms with Gasteiger partial charge in [0.05, 0.1) is 16.5 Å². The number of hydrogen-bond donors (Lipinski definition) is 1. The molecule has 0 aliphatic heterocycles. The monoisotopic (exact) mass is 300 g/mol. The topological polar surface area (TPSA) is 113 Å². The molecule has 0 bridgehead atoms. The van der Waals surface area contributed by atoms with E-state index in [-0.39, 0.29) is 22.2 Å². The Bertz CT molecular complexity index is 924. The Labute approximate surface area is 119 Å². The Morgan fingerprint density at radius 2 is 2.14 bits per heavy atom. The third-order valence-electron chi connectivity index (χ3n) is 2.62. The van der Waals surface area contributed by atoms with Crippen LogP contribution < -0.4 is 4.72 Å². The van der Waals surface area contributed by atoms with Gasteiger partial charge in [0.1, 0.15) is 0 Å². The van der Waals surface area contributed by atoms with Crippen LogP contribution in [-0.4, -0.2) is 28.0 Å². The highest BCUT2D eigenvalue weighted by molar-refractivity contribution is 7.92. The van der Waals surface area contributed by atoms with E-state index in [9.17, 15) is 8.42 Å². The van der Waals surface area contributed by atoms with Crippen molar-refractivity contribution < 1.29 is 8.42 Å². The van der Waals surface area contributed by atoms with Crippen LogP contribution in [0.1, 0.15) is 5.56 Å². The Kier molecular flexibility index (Phi) is 3.00. The molecule has 2 heterocycles. The predicted molar refractivity (Wildman–Crippen MR) is 72.7 cm³/mol. The third-order valence-corrected chi connectivity index (χ3v) is 3.94. The number of benzene rings is 1. The molecule has 0 aliphatic rings. The lowest BCUT2D eigenvalue weighted by atomic mass is 10.2. The summed E-state index contributed by atoms with van der Waals surface area (Å²) in [5.41, 5.74) is 0.252. The second kappa shape index (κ2) is 4.84. The molecule has 9 heteroatoms. The minimum absolute atomic E-state index is 0.0339. The molecule has 3 aromatic rings. The summed E-state index contributed by atoms with van der Waals surface area (Å²) < 4.78 is 28.0. The fraction of sp³-hybridized carbons (Fsp3) is 0. The van der Waals surface area contributed by atoms with Gasteiger partial charge < -0.3 is 0 Å². The number of rotatable bonds is 3. The van der Waals surface area contributed by atoms with Crippen LogP contribution in [0.2, 0.25) is 0 Å². The van der Waals surface area contributed by atoms with Crippen molar-refractivity contribution in [2.75, 3.05) is 4.72 Å². The first-order chi connectivity index (χ1) is 10.1. The lowest BCUT2D eigenvalue weighted by Gasteiger charge is -2.04. The van der Waals surface area contributed by atoms with Gasteiger partial charge in [0.25, 0.3) is 21.7 Å². The van der Waals surface area contributed by atoms with E-state index in [2.05, 4.69) is 19.8 Å². The van der Waals surface area contributed by atoms with Crippen LogP contribution in [-0.2, 0) is 10.0 Å². The summed E-state index contributed by atoms with van der Waals surface area (Å²) >= 11 is 0. The van der Waals surface area contributed by atoms with E-state index in [4.69, 9.17) is 5.26 Å². The first kappa shape index (κ1) is 13.0. The Hall–Kier alpha value is -2.99. The molecule has 0 fully saturated rings. The quantitative estimate of drug-likeness (QED) is 0.765. The van der Waals surface area contributed by atoms with Gasteiger partial charge in [0.15, 0.2) is 0 Å². The summed E-state index contributed by atoms with van der Waals surface area (Å²) in [7, 11) is -3.86. The van der Waals surface area contributed by atoms with Gasteiger partial charge in [-0.25, -0.2) is 22.6 Å². The average Bonchev–Trinajstić information content (AvgIpc) is 2.88. The smallest absolute Gasteiger partial charge is 0.246 e. The minimum atomic E-state index is -3.86. The number of sulfonamides is 1. The van der Waals surface area contributed by atoms with Crippen LogP contribution in [0.15, 0.2) is 47.6 Å². The number of nitriles is 1. The van der Waals surface area contributed by atoms with E-state index in [1.54, 1.807) is 12.3 Å². The van der Waals surface area contributed by atoms with Crippen LogP contribution in [0.5, 0.6) is 0 Å². The third kappa shape index (κ3) is 2.52. The zero-order valence-corrected chi connectivity index (χ0v) is 11.3. The standard InChI is InChI=1S/C12H8N6O2S/c13-8-9-3-1-4-10(7-9)21(19,20)17-11-15-12-14-5-2-6-18(12)16-11/h1-7H,(H,16,17). The van der Waals surface area contributed by atoms with Crippen molar-refractivity contribution in [1.82, 2.24) is 19.6 Å². The highest BCUT2D eigenvalue weighted by Gasteiger charge is 2.17. The van der Waals surface area contributed by atoms with Crippen molar-refractivity contribution >= 4 is 21.7 Å². The molecule has 0 unspecified atom stereocenters. The van der Waals surface area contributed by atoms with E-state index in [1.165, 1.54) is 35.0 Å². The normalized spacial score (nSPS) is 11.2. The molecule has 0 saturated heterocycles. The highest BCUT2D eigenvalue weighted by Crippen LogP contribution is 2.14. The van der Waals surface area contributed by atoms with Crippen LogP contribution in [0, 0.1) is 11.3 Å². The molecule has 3 rings (SSSR count). The molecule has 0 spiro atoms. The molecule has 1 N–H and O–H groups in total. The molecule has 0 atom stereocenters. The van der Waals surface area contributed by atoms with Crippen LogP contribution in [0.4, 0.5) is 5.95 Å². The van der Waals surface area contributed by atoms with Gasteiger partial charge >= 0.3 is 0 Å². The van der Waals surface area contributed by atoms with E-state index in [1.807, 2.05) is 6.07 Å². The van der Waals surface area contributed by atoms with Crippen molar-refractivity contribution in [3.63, 3.8) is 0 Å². The van der Waals surface area contributed by atoms with E-state index < -0.39 is 10.0 Å². The van der Waals surface area contributed by atoms with Crippen LogP contribution >= 0.6 is 0 Å². The maximum Gasteiger partial charge on any atom is 0.264 e. The van der Waals surface area contributed by atoms with Gasteiger partial charge in [-0.3, -0.25) is 0 Å². The first-order valence-corrected chi connectivity index (χ1v) is 7.27. The second-order valence-corrected chi connectivity index (χ2v) is 5.73. The summed E-state index contributed by atoms with van der Waals surface area (Å²) in [5.74, 6) is 0.192. The molecular weight excluding hydrogens is 292 g/mol. The summed E-state index contributed by atoms with van der Waals surface area (Å²) in [4.78, 5) is 7.86. The number of nitrogens with zero attached hydrogens (tertiary/aromatic N) is 5. The molecule has 104 valence electrons. The zero-order chi connectivity index (χ0) is 14.9. The van der Waals surface area contributed by atoms with Gasteiger partial charge in [0.2, 0.25) is 0 Å². The number of nitrogens with one attached hydrogen (secondary N) is 1. The van der Waals surface area contributed by atoms with E-state index in [0.717, 1.165) is 0 Å². The van der Waals surface area contributed by atoms with Gasteiger partial charge in [-0.15, -0.1) is 5.10 Å². The maximum absolute atomic E-state index is 12.2. The van der Waals surface area contributed by atoms with Crippen molar-refractivity contribution in [2.24, 2.45) is 0 Å². The highest BCUT2D eigenvalue weighted by atomic mass is 32.2. The fourth-order valence-electron chi connectivity index (χ4n) is 1.69. The summed E-state index contributed by atoms with van der Waals surface area (Å²) in [6.07, 6.45) is 3.13. The molecule has 0 radical (unpaired) electrons. The van der Waals surface area contributed by atoms with Crippen molar-refractivity contribution in [2.45, 2.75) is 4.90 Å². The second-order valence-electron chi connectivity index (χ2n) is 4.04. The van der Waals surface area contributed by atoms with E-state index >= 15 is 0 Å². The molecule has 1 aromatic carbocycles. The molecule has 8 nitrogen and oxygen atoms in total. The number of fused-ring (bicyclic) bond motifs is 1. The van der Waals surface area contributed by atoms with Gasteiger partial charge in [-0.1, -0.05) is 6.07 Å². The van der Waals surface area contributed by atoms with Crippen LogP contribution in [0.3, 0.4) is 0 Å². The SMILES string of the molecule is N#Cc1cccc(S(=O)(=O)Nc2nc3ncccn3n2)c1. The molecule has 0 aliphatic carbocycles. The van der Waals surface area contributed by atoms with Gasteiger partial charge in [-0.05, 0) is 24.3 Å². The van der Waals surface area contributed by atoms with Gasteiger partial charge in [-0.2, -0.15) is 10.2 Å². The number of aromatic nitrogens is 4. The molecule has 0 saturated carbocycles. The Morgan fingerprint density at radius 1 is 1.29 bits per heavy atom. The largest absolute Gasteiger partial charge is 0.264 e. The van der Waals surface area contributed by atoms with Gasteiger partial charge in [0, 0.05) is 12.4 Å². The zero-order valence-electron chi connectivity index (χ0n) is 10.5. The molecule has 2 aromatic heterocycles. The number of anilines is 1. The molecular formula is C12H8N6O2S. The van der Waals surface area contributed by atoms with E-state index in [0.29, 0.717) is 0 Å². The minimum Gasteiger partial charge on any atom is -0.246 e. The summed E-state index contributed by atoms with van der Waals surface area (Å²) in [6, 6.07) is 9.21. The summed E-state index contributed by atoms with van der Waals surface area (Å²) in [6.45, 7) is 0. The molecule has 0 amide bonds. The van der Waals surface area contributed by atoms with Crippen LogP contribution in [0.25, 0.3) is 5.78 Å². The number of hydrogen-bond acceptors (Lipinski definition) is 6. The lowest BCUT2D eigenvalue weighted by Crippen LogP contribution is -2.14. The fourth-order valence-corrected chi connectivity index (χ4v) is 2.67. The molecule has 21 heavy (non-hydrogen) atoms.